The van der Waals surface area contributed by atoms with Crippen molar-refractivity contribution in [3.63, 3.8) is 0 Å². The summed E-state index contributed by atoms with van der Waals surface area (Å²) < 4.78 is 58.2. The fourth-order valence-corrected chi connectivity index (χ4v) is 4.20. The van der Waals surface area contributed by atoms with Crippen LogP contribution in [0, 0.1) is 0 Å². The third kappa shape index (κ3) is 14.6. The van der Waals surface area contributed by atoms with Gasteiger partial charge in [0.15, 0.2) is 0 Å². The van der Waals surface area contributed by atoms with Crippen LogP contribution in [0.15, 0.2) is 72.8 Å². The van der Waals surface area contributed by atoms with E-state index in [2.05, 4.69) is 0 Å². The maximum Gasteiger partial charge on any atom is 0.389 e. The summed E-state index contributed by atoms with van der Waals surface area (Å²) in [5, 5.41) is 0. The zero-order valence-electron chi connectivity index (χ0n) is 25.0. The van der Waals surface area contributed by atoms with Crippen molar-refractivity contribution in [3.05, 3.63) is 83.9 Å². The molecule has 0 radical (unpaired) electrons. The fraction of sp³-hybridized carbons (Fsp3) is 0.353. The zero-order valence-corrected chi connectivity index (χ0v) is 25.0. The normalized spacial score (nSPS) is 11.4. The first-order chi connectivity index (χ1) is 21.6. The van der Waals surface area contributed by atoms with Crippen molar-refractivity contribution in [1.82, 2.24) is 0 Å². The molecule has 3 aromatic rings. The van der Waals surface area contributed by atoms with E-state index < -0.39 is 24.5 Å². The van der Waals surface area contributed by atoms with Crippen molar-refractivity contribution in [1.29, 1.82) is 0 Å². The van der Waals surface area contributed by atoms with Gasteiger partial charge in [-0.2, -0.15) is 13.2 Å². The Balaban J connectivity index is 1.22. The third-order valence-corrected chi connectivity index (χ3v) is 6.46. The highest BCUT2D eigenvalue weighted by Crippen LogP contribution is 2.23. The molecule has 3 rings (SSSR count). The van der Waals surface area contributed by atoms with Crippen molar-refractivity contribution in [2.24, 2.45) is 0 Å². The van der Waals surface area contributed by atoms with Gasteiger partial charge in [-0.05, 0) is 85.5 Å². The minimum Gasteiger partial charge on any atom is -0.494 e. The van der Waals surface area contributed by atoms with Crippen LogP contribution in [0.1, 0.15) is 67.3 Å². The number of alkyl halides is 3. The maximum atomic E-state index is 12.2. The molecule has 0 spiro atoms. The van der Waals surface area contributed by atoms with Gasteiger partial charge in [-0.3, -0.25) is 0 Å². The van der Waals surface area contributed by atoms with Crippen LogP contribution in [-0.2, 0) is 9.53 Å². The number of esters is 2. The van der Waals surface area contributed by atoms with Crippen molar-refractivity contribution < 1.29 is 41.7 Å². The van der Waals surface area contributed by atoms with E-state index >= 15 is 0 Å². The molecule has 0 aliphatic heterocycles. The predicted molar refractivity (Wildman–Crippen MR) is 167 cm³/mol. The highest BCUT2D eigenvalue weighted by Gasteiger charge is 2.26. The Bertz CT molecular complexity index is 1360. The van der Waals surface area contributed by atoms with E-state index in [0.717, 1.165) is 49.8 Å². The summed E-state index contributed by atoms with van der Waals surface area (Å²) in [6.07, 6.45) is 3.51. The maximum absolute atomic E-state index is 12.2. The minimum atomic E-state index is -4.20. The van der Waals surface area contributed by atoms with E-state index in [1.165, 1.54) is 30.3 Å². The lowest BCUT2D eigenvalue weighted by atomic mass is 10.1. The van der Waals surface area contributed by atoms with Gasteiger partial charge in [0.05, 0.1) is 25.4 Å². The third-order valence-electron chi connectivity index (χ3n) is 6.46. The molecule has 0 amide bonds. The van der Waals surface area contributed by atoms with Crippen molar-refractivity contribution in [2.45, 2.75) is 57.5 Å². The Morgan fingerprint density at radius 1 is 0.667 bits per heavy atom. The van der Waals surface area contributed by atoms with Crippen molar-refractivity contribution in [2.75, 3.05) is 31.3 Å². The van der Waals surface area contributed by atoms with Gasteiger partial charge in [-0.15, -0.1) is 0 Å². The average molecular weight is 629 g/mol. The summed E-state index contributed by atoms with van der Waals surface area (Å²) in [4.78, 5) is 24.2. The second-order valence-corrected chi connectivity index (χ2v) is 10.4. The highest BCUT2D eigenvalue weighted by atomic mass is 19.4. The van der Waals surface area contributed by atoms with Gasteiger partial charge in [0.25, 0.3) is 0 Å². The van der Waals surface area contributed by atoms with E-state index in [4.69, 9.17) is 30.4 Å². The van der Waals surface area contributed by atoms with E-state index in [-0.39, 0.29) is 18.8 Å². The topological polar surface area (TPSA) is 123 Å². The smallest absolute Gasteiger partial charge is 0.389 e. The molecule has 0 saturated carbocycles. The van der Waals surface area contributed by atoms with E-state index in [1.807, 2.05) is 24.3 Å². The predicted octanol–water partition coefficient (Wildman–Crippen LogP) is 7.77. The van der Waals surface area contributed by atoms with Gasteiger partial charge in [-0.25, -0.2) is 9.59 Å². The molecule has 242 valence electrons. The lowest BCUT2D eigenvalue weighted by Gasteiger charge is -2.08. The minimum absolute atomic E-state index is 0.0570. The quantitative estimate of drug-likeness (QED) is 0.0482. The summed E-state index contributed by atoms with van der Waals surface area (Å²) in [5.41, 5.74) is 13.4. The van der Waals surface area contributed by atoms with Gasteiger partial charge in [-0.1, -0.05) is 37.8 Å². The molecular weight excluding hydrogens is 589 g/mol. The molecule has 0 fully saturated rings. The number of halogens is 3. The monoisotopic (exact) mass is 628 g/mol. The van der Waals surface area contributed by atoms with E-state index in [1.54, 1.807) is 24.3 Å². The molecule has 0 aliphatic carbocycles. The number of anilines is 2. The molecule has 8 nitrogen and oxygen atoms in total. The van der Waals surface area contributed by atoms with Gasteiger partial charge in [0, 0.05) is 23.9 Å². The molecule has 45 heavy (non-hydrogen) atoms. The number of unbranched alkanes of at least 4 members (excludes halogenated alkanes) is 5. The molecule has 0 bridgehead atoms. The first-order valence-electron chi connectivity index (χ1n) is 14.8. The van der Waals surface area contributed by atoms with Crippen LogP contribution in [0.25, 0.3) is 6.08 Å². The SMILES string of the molecule is Nc1cc(N)cc(C(=O)OCCCCCCCCOc2ccc(/C=C/C(=O)Oc3ccc(OCCCC(F)(F)F)cc3)cc2)c1. The summed E-state index contributed by atoms with van der Waals surface area (Å²) in [6, 6.07) is 18.1. The molecular formula is C34H39F3N2O6. The molecule has 0 aromatic heterocycles. The summed E-state index contributed by atoms with van der Waals surface area (Å²) >= 11 is 0. The van der Waals surface area contributed by atoms with Gasteiger partial charge in [0.1, 0.15) is 17.2 Å². The lowest BCUT2D eigenvalue weighted by Crippen LogP contribution is -2.09. The largest absolute Gasteiger partial charge is 0.494 e. The summed E-state index contributed by atoms with van der Waals surface area (Å²) in [5.74, 6) is 0.427. The number of hydrogen-bond acceptors (Lipinski definition) is 8. The Morgan fingerprint density at radius 2 is 1.18 bits per heavy atom. The number of nitrogens with two attached hydrogens (primary N) is 2. The van der Waals surface area contributed by atoms with Crippen molar-refractivity contribution in [3.8, 4) is 17.2 Å². The molecule has 11 heteroatoms. The molecule has 4 N–H and O–H groups in total. The Morgan fingerprint density at radius 3 is 1.78 bits per heavy atom. The first kappa shape index (κ1) is 34.8. The average Bonchev–Trinajstić information content (AvgIpc) is 2.99. The van der Waals surface area contributed by atoms with Crippen LogP contribution in [0.3, 0.4) is 0 Å². The summed E-state index contributed by atoms with van der Waals surface area (Å²) in [6.45, 7) is 0.895. The summed E-state index contributed by atoms with van der Waals surface area (Å²) in [7, 11) is 0. The molecule has 0 atom stereocenters. The van der Waals surface area contributed by atoms with Crippen LogP contribution >= 0.6 is 0 Å². The number of ether oxygens (including phenoxy) is 4. The number of hydrogen-bond donors (Lipinski definition) is 2. The van der Waals surface area contributed by atoms with Crippen LogP contribution < -0.4 is 25.7 Å². The van der Waals surface area contributed by atoms with Gasteiger partial charge < -0.3 is 30.4 Å². The molecule has 0 unspecified atom stereocenters. The molecule has 0 saturated heterocycles. The first-order valence-corrected chi connectivity index (χ1v) is 14.8. The zero-order chi connectivity index (χ0) is 32.5. The number of rotatable bonds is 18. The van der Waals surface area contributed by atoms with Crippen LogP contribution in [0.4, 0.5) is 24.5 Å². The molecule has 0 heterocycles. The van der Waals surface area contributed by atoms with Crippen LogP contribution in [-0.4, -0.2) is 37.9 Å². The van der Waals surface area contributed by atoms with Gasteiger partial charge >= 0.3 is 18.1 Å². The standard InChI is InChI=1S/C34H39F3N2O6/c35-34(36,37)18-7-21-43-30-13-15-31(16-14-30)45-32(40)17-10-25-8-11-29(12-9-25)42-19-5-3-1-2-4-6-20-44-33(41)26-22-27(38)24-28(39)23-26/h8-17,22-24H,1-7,18-21,38-39H2/b17-10+. The van der Waals surface area contributed by atoms with Gasteiger partial charge in [0.2, 0.25) is 0 Å². The second kappa shape index (κ2) is 18.2. The number of benzene rings is 3. The van der Waals surface area contributed by atoms with Crippen LogP contribution in [0.5, 0.6) is 17.2 Å². The fourth-order valence-electron chi connectivity index (χ4n) is 4.20. The van der Waals surface area contributed by atoms with E-state index in [9.17, 15) is 22.8 Å². The van der Waals surface area contributed by atoms with Crippen molar-refractivity contribution >= 4 is 29.4 Å². The Labute approximate surface area is 261 Å². The van der Waals surface area contributed by atoms with Crippen LogP contribution in [0.2, 0.25) is 0 Å². The number of carbonyl (C=O) groups is 2. The number of carbonyl (C=O) groups excluding carboxylic acids is 2. The molecule has 3 aromatic carbocycles. The molecule has 0 aliphatic rings. The second-order valence-electron chi connectivity index (χ2n) is 10.4. The van der Waals surface area contributed by atoms with E-state index in [0.29, 0.717) is 35.9 Å². The Hall–Kier alpha value is -4.67. The Kier molecular flexibility index (Phi) is 14.1. The number of nitrogen functional groups attached to an aromatic ring is 2. The highest BCUT2D eigenvalue weighted by molar-refractivity contribution is 5.91. The lowest BCUT2D eigenvalue weighted by molar-refractivity contribution is -0.136.